The molecule has 1 aromatic carbocycles. The lowest BCUT2D eigenvalue weighted by atomic mass is 10.2. The van der Waals surface area contributed by atoms with Crippen LogP contribution in [0.25, 0.3) is 0 Å². The maximum Gasteiger partial charge on any atom is 0.117 e. The summed E-state index contributed by atoms with van der Waals surface area (Å²) in [5, 5.41) is 9.31. The Morgan fingerprint density at radius 3 is 2.43 bits per heavy atom. The van der Waals surface area contributed by atoms with Gasteiger partial charge in [0.05, 0.1) is 11.4 Å². The molecule has 2 rings (SSSR count). The maximum absolute atomic E-state index is 9.31. The summed E-state index contributed by atoms with van der Waals surface area (Å²) >= 11 is 0. The van der Waals surface area contributed by atoms with Gasteiger partial charge in [0.1, 0.15) is 5.75 Å². The van der Waals surface area contributed by atoms with Gasteiger partial charge in [0, 0.05) is 23.9 Å². The minimum atomic E-state index is 0.232. The Morgan fingerprint density at radius 1 is 1.07 bits per heavy atom. The third kappa shape index (κ3) is 1.66. The molecule has 1 aliphatic rings. The van der Waals surface area contributed by atoms with E-state index in [1.54, 1.807) is 18.2 Å². The number of fused-ring (bicyclic) bond motifs is 1. The lowest BCUT2D eigenvalue weighted by Gasteiger charge is -1.99. The zero-order chi connectivity index (χ0) is 10.1. The molecule has 0 aromatic heterocycles. The molecule has 0 spiro atoms. The van der Waals surface area contributed by atoms with Crippen molar-refractivity contribution in [1.82, 2.24) is 0 Å². The smallest absolute Gasteiger partial charge is 0.117 e. The Bertz CT molecular complexity index is 433. The van der Waals surface area contributed by atoms with Gasteiger partial charge in [0.25, 0.3) is 0 Å². The van der Waals surface area contributed by atoms with E-state index in [9.17, 15) is 5.11 Å². The number of nitrogens with zero attached hydrogens (tertiary/aromatic N) is 2. The molecule has 14 heavy (non-hydrogen) atoms. The van der Waals surface area contributed by atoms with Crippen LogP contribution in [0.15, 0.2) is 28.2 Å². The number of benzene rings is 1. The molecule has 0 saturated heterocycles. The van der Waals surface area contributed by atoms with Crippen LogP contribution in [0.4, 0.5) is 11.4 Å². The van der Waals surface area contributed by atoms with E-state index >= 15 is 0 Å². The second kappa shape index (κ2) is 3.25. The van der Waals surface area contributed by atoms with Crippen molar-refractivity contribution in [2.45, 2.75) is 20.3 Å². The van der Waals surface area contributed by atoms with E-state index in [1.165, 1.54) is 0 Å². The van der Waals surface area contributed by atoms with Crippen molar-refractivity contribution < 1.29 is 5.11 Å². The van der Waals surface area contributed by atoms with Crippen molar-refractivity contribution in [3.05, 3.63) is 18.2 Å². The van der Waals surface area contributed by atoms with E-state index in [-0.39, 0.29) is 5.75 Å². The minimum absolute atomic E-state index is 0.232. The predicted octanol–water partition coefficient (Wildman–Crippen LogP) is 2.98. The van der Waals surface area contributed by atoms with Gasteiger partial charge in [-0.15, -0.1) is 0 Å². The second-order valence-electron chi connectivity index (χ2n) is 3.54. The summed E-state index contributed by atoms with van der Waals surface area (Å²) in [6, 6.07) is 5.06. The minimum Gasteiger partial charge on any atom is -0.508 e. The first-order valence-electron chi connectivity index (χ1n) is 4.56. The van der Waals surface area contributed by atoms with Gasteiger partial charge in [0.2, 0.25) is 0 Å². The van der Waals surface area contributed by atoms with Gasteiger partial charge in [-0.2, -0.15) is 0 Å². The molecule has 3 nitrogen and oxygen atoms in total. The average molecular weight is 188 g/mol. The van der Waals surface area contributed by atoms with Gasteiger partial charge < -0.3 is 5.11 Å². The van der Waals surface area contributed by atoms with E-state index in [1.807, 2.05) is 13.8 Å². The Kier molecular flexibility index (Phi) is 2.08. The normalized spacial score (nSPS) is 15.3. The van der Waals surface area contributed by atoms with Crippen LogP contribution in [-0.4, -0.2) is 16.5 Å². The Morgan fingerprint density at radius 2 is 1.71 bits per heavy atom. The molecule has 1 heterocycles. The van der Waals surface area contributed by atoms with Crippen molar-refractivity contribution in [3.63, 3.8) is 0 Å². The number of aromatic hydroxyl groups is 1. The molecule has 72 valence electrons. The van der Waals surface area contributed by atoms with Crippen molar-refractivity contribution in [2.75, 3.05) is 0 Å². The monoisotopic (exact) mass is 188 g/mol. The highest BCUT2D eigenvalue weighted by molar-refractivity contribution is 6.06. The fourth-order valence-corrected chi connectivity index (χ4v) is 1.56. The first-order valence-corrected chi connectivity index (χ1v) is 4.56. The standard InChI is InChI=1S/C11H12N2O/c1-7-5-8(2)13-11-6-9(14)3-4-10(11)12-7/h3-4,6,14H,5H2,1-2H3. The quantitative estimate of drug-likeness (QED) is 0.668. The van der Waals surface area contributed by atoms with Gasteiger partial charge in [-0.05, 0) is 26.0 Å². The highest BCUT2D eigenvalue weighted by Crippen LogP contribution is 2.33. The lowest BCUT2D eigenvalue weighted by Crippen LogP contribution is -1.97. The van der Waals surface area contributed by atoms with Crippen molar-refractivity contribution in [2.24, 2.45) is 9.98 Å². The SMILES string of the molecule is CC1=Nc2ccc(O)cc2N=C(C)C1. The van der Waals surface area contributed by atoms with Gasteiger partial charge in [-0.25, -0.2) is 0 Å². The van der Waals surface area contributed by atoms with Crippen molar-refractivity contribution >= 4 is 22.8 Å². The van der Waals surface area contributed by atoms with Gasteiger partial charge in [-0.1, -0.05) is 0 Å². The Labute approximate surface area is 82.8 Å². The van der Waals surface area contributed by atoms with E-state index < -0.39 is 0 Å². The van der Waals surface area contributed by atoms with Gasteiger partial charge in [-0.3, -0.25) is 9.98 Å². The fraction of sp³-hybridized carbons (Fsp3) is 0.273. The molecular formula is C11H12N2O. The largest absolute Gasteiger partial charge is 0.508 e. The molecule has 1 aliphatic heterocycles. The van der Waals surface area contributed by atoms with Crippen LogP contribution in [0.2, 0.25) is 0 Å². The number of phenolic OH excluding ortho intramolecular Hbond substituents is 1. The summed E-state index contributed by atoms with van der Waals surface area (Å²) in [6.07, 6.45) is 0.801. The third-order valence-corrected chi connectivity index (χ3v) is 2.09. The maximum atomic E-state index is 9.31. The van der Waals surface area contributed by atoms with E-state index in [4.69, 9.17) is 0 Å². The Balaban J connectivity index is 2.61. The van der Waals surface area contributed by atoms with Crippen LogP contribution >= 0.6 is 0 Å². The average Bonchev–Trinajstić information content (AvgIpc) is 2.21. The highest BCUT2D eigenvalue weighted by atomic mass is 16.3. The van der Waals surface area contributed by atoms with E-state index in [0.29, 0.717) is 0 Å². The van der Waals surface area contributed by atoms with Crippen molar-refractivity contribution in [3.8, 4) is 5.75 Å². The lowest BCUT2D eigenvalue weighted by molar-refractivity contribution is 0.475. The molecule has 0 atom stereocenters. The molecule has 0 aliphatic carbocycles. The van der Waals surface area contributed by atoms with E-state index in [2.05, 4.69) is 9.98 Å². The first-order chi connectivity index (χ1) is 6.65. The molecule has 0 saturated carbocycles. The summed E-state index contributed by atoms with van der Waals surface area (Å²) in [6.45, 7) is 3.96. The van der Waals surface area contributed by atoms with Crippen LogP contribution < -0.4 is 0 Å². The zero-order valence-corrected chi connectivity index (χ0v) is 8.28. The number of rotatable bonds is 0. The molecule has 0 radical (unpaired) electrons. The van der Waals surface area contributed by atoms with Gasteiger partial charge >= 0.3 is 0 Å². The Hall–Kier alpha value is -1.64. The summed E-state index contributed by atoms with van der Waals surface area (Å²) in [5.41, 5.74) is 3.66. The number of phenols is 1. The first kappa shape index (κ1) is 8.94. The molecule has 0 bridgehead atoms. The van der Waals surface area contributed by atoms with Crippen LogP contribution in [0, 0.1) is 0 Å². The van der Waals surface area contributed by atoms with Crippen LogP contribution in [0.5, 0.6) is 5.75 Å². The second-order valence-corrected chi connectivity index (χ2v) is 3.54. The fourth-order valence-electron chi connectivity index (χ4n) is 1.56. The summed E-state index contributed by atoms with van der Waals surface area (Å²) < 4.78 is 0. The van der Waals surface area contributed by atoms with Crippen LogP contribution in [0.1, 0.15) is 20.3 Å². The topological polar surface area (TPSA) is 45.0 Å². The van der Waals surface area contributed by atoms with E-state index in [0.717, 1.165) is 29.2 Å². The van der Waals surface area contributed by atoms with Crippen molar-refractivity contribution in [1.29, 1.82) is 0 Å². The predicted molar refractivity (Wildman–Crippen MR) is 58.3 cm³/mol. The third-order valence-electron chi connectivity index (χ3n) is 2.09. The zero-order valence-electron chi connectivity index (χ0n) is 8.28. The summed E-state index contributed by atoms with van der Waals surface area (Å²) in [5.74, 6) is 0.232. The molecule has 1 aromatic rings. The van der Waals surface area contributed by atoms with Gasteiger partial charge in [0.15, 0.2) is 0 Å². The molecule has 0 unspecified atom stereocenters. The highest BCUT2D eigenvalue weighted by Gasteiger charge is 2.08. The summed E-state index contributed by atoms with van der Waals surface area (Å²) in [7, 11) is 0. The molecular weight excluding hydrogens is 176 g/mol. The number of aliphatic imine (C=N–C) groups is 2. The molecule has 3 heteroatoms. The summed E-state index contributed by atoms with van der Waals surface area (Å²) in [4.78, 5) is 8.81. The number of hydrogen-bond acceptors (Lipinski definition) is 3. The van der Waals surface area contributed by atoms with Crippen LogP contribution in [0.3, 0.4) is 0 Å². The van der Waals surface area contributed by atoms with Crippen LogP contribution in [-0.2, 0) is 0 Å². The molecule has 0 fully saturated rings. The molecule has 0 amide bonds. The number of hydrogen-bond donors (Lipinski definition) is 1. The molecule has 1 N–H and O–H groups in total.